The van der Waals surface area contributed by atoms with E-state index in [4.69, 9.17) is 4.74 Å². The summed E-state index contributed by atoms with van der Waals surface area (Å²) < 4.78 is 45.1. The van der Waals surface area contributed by atoms with Crippen LogP contribution in [0.2, 0.25) is 0 Å². The normalized spacial score (nSPS) is 30.0. The molecule has 1 saturated carbocycles. The minimum absolute atomic E-state index is 0.0730. The second kappa shape index (κ2) is 4.86. The Hall–Kier alpha value is -1.31. The van der Waals surface area contributed by atoms with Crippen LogP contribution in [0.5, 0.6) is 0 Å². The Kier molecular flexibility index (Phi) is 3.72. The van der Waals surface area contributed by atoms with Crippen LogP contribution in [-0.2, 0) is 4.74 Å². The van der Waals surface area contributed by atoms with E-state index in [1.807, 2.05) is 0 Å². The van der Waals surface area contributed by atoms with Gasteiger partial charge in [-0.3, -0.25) is 0 Å². The van der Waals surface area contributed by atoms with E-state index in [9.17, 15) is 23.1 Å². The zero-order valence-corrected chi connectivity index (χ0v) is 12.2. The summed E-state index contributed by atoms with van der Waals surface area (Å²) in [5.41, 5.74) is -4.07. The molecule has 1 fully saturated rings. The van der Waals surface area contributed by atoms with Crippen molar-refractivity contribution in [2.24, 2.45) is 11.0 Å². The zero-order valence-electron chi connectivity index (χ0n) is 12.2. The van der Waals surface area contributed by atoms with Gasteiger partial charge in [0.1, 0.15) is 5.60 Å². The predicted octanol–water partition coefficient (Wildman–Crippen LogP) is 3.03. The summed E-state index contributed by atoms with van der Waals surface area (Å²) in [6.45, 7) is 4.61. The number of nitrogens with zero attached hydrogens (tertiary/aromatic N) is 2. The molecule has 0 bridgehead atoms. The maximum atomic E-state index is 13.4. The fraction of sp³-hybridized carbons (Fsp3) is 0.846. The number of amides is 1. The van der Waals surface area contributed by atoms with Crippen LogP contribution in [0.1, 0.15) is 46.5 Å². The third kappa shape index (κ3) is 2.73. The number of hydrogen-bond acceptors (Lipinski definition) is 4. The van der Waals surface area contributed by atoms with E-state index in [1.165, 1.54) is 20.8 Å². The molecule has 120 valence electrons. The smallest absolute Gasteiger partial charge is 0.439 e. The SMILES string of the molecule is CC(C)(C)OC(=O)N1N=C2CCCC[C@@H]2[C@]1(O)C(F)(F)F. The second-order valence-corrected chi connectivity index (χ2v) is 6.41. The molecule has 1 aliphatic carbocycles. The van der Waals surface area contributed by atoms with Crippen molar-refractivity contribution >= 4 is 11.8 Å². The molecule has 1 amide bonds. The number of halogens is 3. The summed E-state index contributed by atoms with van der Waals surface area (Å²) in [7, 11) is 0. The molecule has 0 saturated heterocycles. The Morgan fingerprint density at radius 3 is 2.52 bits per heavy atom. The van der Waals surface area contributed by atoms with Crippen LogP contribution in [0.15, 0.2) is 5.10 Å². The van der Waals surface area contributed by atoms with Crippen molar-refractivity contribution in [1.82, 2.24) is 5.01 Å². The molecule has 2 atom stereocenters. The molecule has 1 heterocycles. The van der Waals surface area contributed by atoms with Gasteiger partial charge in [-0.15, -0.1) is 0 Å². The van der Waals surface area contributed by atoms with Gasteiger partial charge in [-0.2, -0.15) is 23.3 Å². The van der Waals surface area contributed by atoms with E-state index in [2.05, 4.69) is 5.10 Å². The lowest BCUT2D eigenvalue weighted by Gasteiger charge is -2.38. The molecule has 1 N–H and O–H groups in total. The topological polar surface area (TPSA) is 62.1 Å². The zero-order chi connectivity index (χ0) is 16.1. The second-order valence-electron chi connectivity index (χ2n) is 6.41. The van der Waals surface area contributed by atoms with E-state index in [1.54, 1.807) is 0 Å². The Labute approximate surface area is 120 Å². The highest BCUT2D eigenvalue weighted by atomic mass is 19.4. The summed E-state index contributed by atoms with van der Waals surface area (Å²) in [4.78, 5) is 12.0. The van der Waals surface area contributed by atoms with Gasteiger partial charge < -0.3 is 9.84 Å². The number of carbonyl (C=O) groups excluding carboxylic acids is 1. The molecule has 0 radical (unpaired) electrons. The highest BCUT2D eigenvalue weighted by molar-refractivity contribution is 5.92. The first-order valence-corrected chi connectivity index (χ1v) is 6.86. The lowest BCUT2D eigenvalue weighted by atomic mass is 9.80. The average Bonchev–Trinajstić information content (AvgIpc) is 2.62. The Morgan fingerprint density at radius 1 is 1.38 bits per heavy atom. The minimum atomic E-state index is -5.00. The number of hydrazone groups is 1. The van der Waals surface area contributed by atoms with Gasteiger partial charge in [-0.05, 0) is 40.0 Å². The van der Waals surface area contributed by atoms with Crippen molar-refractivity contribution in [3.8, 4) is 0 Å². The molecule has 2 rings (SSSR count). The van der Waals surface area contributed by atoms with Crippen LogP contribution in [-0.4, -0.2) is 39.4 Å². The lowest BCUT2D eigenvalue weighted by Crippen LogP contribution is -2.61. The molecule has 5 nitrogen and oxygen atoms in total. The van der Waals surface area contributed by atoms with E-state index < -0.39 is 29.5 Å². The maximum Gasteiger partial charge on any atom is 0.439 e. The van der Waals surface area contributed by atoms with Gasteiger partial charge in [0.2, 0.25) is 0 Å². The average molecular weight is 308 g/mol. The van der Waals surface area contributed by atoms with E-state index in [-0.39, 0.29) is 17.1 Å². The molecule has 0 aromatic rings. The van der Waals surface area contributed by atoms with Crippen LogP contribution >= 0.6 is 0 Å². The highest BCUT2D eigenvalue weighted by Gasteiger charge is 2.69. The molecule has 8 heteroatoms. The van der Waals surface area contributed by atoms with Crippen LogP contribution in [0.3, 0.4) is 0 Å². The molecule has 2 aliphatic rings. The van der Waals surface area contributed by atoms with Gasteiger partial charge in [0.15, 0.2) is 0 Å². The fourth-order valence-electron chi connectivity index (χ4n) is 2.70. The number of aliphatic hydroxyl groups is 1. The van der Waals surface area contributed by atoms with Crippen molar-refractivity contribution in [2.45, 2.75) is 64.0 Å². The van der Waals surface area contributed by atoms with Crippen molar-refractivity contribution in [1.29, 1.82) is 0 Å². The molecule has 1 aliphatic heterocycles. The molecule has 0 aromatic carbocycles. The third-order valence-electron chi connectivity index (χ3n) is 3.60. The highest BCUT2D eigenvalue weighted by Crippen LogP contribution is 2.48. The van der Waals surface area contributed by atoms with E-state index >= 15 is 0 Å². The van der Waals surface area contributed by atoms with Gasteiger partial charge in [0.05, 0.1) is 5.92 Å². The molecular formula is C13H19F3N2O3. The lowest BCUT2D eigenvalue weighted by molar-refractivity contribution is -0.316. The van der Waals surface area contributed by atoms with Gasteiger partial charge in [-0.25, -0.2) is 4.79 Å². The van der Waals surface area contributed by atoms with Gasteiger partial charge >= 0.3 is 12.3 Å². The number of alkyl halides is 3. The van der Waals surface area contributed by atoms with Crippen molar-refractivity contribution in [3.63, 3.8) is 0 Å². The van der Waals surface area contributed by atoms with Gasteiger partial charge in [-0.1, -0.05) is 6.42 Å². The number of ether oxygens (including phenoxy) is 1. The summed E-state index contributed by atoms with van der Waals surface area (Å²) in [5.74, 6) is -1.21. The molecule has 0 spiro atoms. The first kappa shape index (κ1) is 16.1. The van der Waals surface area contributed by atoms with Crippen LogP contribution in [0, 0.1) is 5.92 Å². The largest absolute Gasteiger partial charge is 0.442 e. The first-order chi connectivity index (χ1) is 9.47. The van der Waals surface area contributed by atoms with E-state index in [0.29, 0.717) is 19.3 Å². The Morgan fingerprint density at radius 2 is 2.00 bits per heavy atom. The minimum Gasteiger partial charge on any atom is -0.442 e. The molecule has 0 aromatic heterocycles. The Balaban J connectivity index is 2.37. The van der Waals surface area contributed by atoms with Crippen molar-refractivity contribution in [2.75, 3.05) is 0 Å². The van der Waals surface area contributed by atoms with E-state index in [0.717, 1.165) is 0 Å². The van der Waals surface area contributed by atoms with Gasteiger partial charge in [0.25, 0.3) is 5.72 Å². The summed E-state index contributed by atoms with van der Waals surface area (Å²) in [6.07, 6.45) is -4.53. The number of carbonyl (C=O) groups is 1. The van der Waals surface area contributed by atoms with Crippen LogP contribution in [0.4, 0.5) is 18.0 Å². The maximum absolute atomic E-state index is 13.4. The number of hydrogen-bond donors (Lipinski definition) is 1. The third-order valence-corrected chi connectivity index (χ3v) is 3.60. The summed E-state index contributed by atoms with van der Waals surface area (Å²) >= 11 is 0. The summed E-state index contributed by atoms with van der Waals surface area (Å²) in [5, 5.41) is 14.0. The van der Waals surface area contributed by atoms with Crippen molar-refractivity contribution in [3.05, 3.63) is 0 Å². The predicted molar refractivity (Wildman–Crippen MR) is 68.5 cm³/mol. The first-order valence-electron chi connectivity index (χ1n) is 6.86. The Bertz CT molecular complexity index is 470. The van der Waals surface area contributed by atoms with Crippen LogP contribution < -0.4 is 0 Å². The van der Waals surface area contributed by atoms with Crippen LogP contribution in [0.25, 0.3) is 0 Å². The fourth-order valence-corrected chi connectivity index (χ4v) is 2.70. The molecular weight excluding hydrogens is 289 g/mol. The molecule has 21 heavy (non-hydrogen) atoms. The monoisotopic (exact) mass is 308 g/mol. The number of rotatable bonds is 0. The molecule has 0 unspecified atom stereocenters. The van der Waals surface area contributed by atoms with Gasteiger partial charge in [0, 0.05) is 5.71 Å². The quantitative estimate of drug-likeness (QED) is 0.748. The number of fused-ring (bicyclic) bond motifs is 1. The standard InChI is InChI=1S/C13H19F3N2O3/c1-11(2,3)21-10(19)18-12(20,13(14,15)16)8-6-4-5-7-9(8)17-18/h8,20H,4-7H2,1-3H3/t8-,12-/m0/s1. The van der Waals surface area contributed by atoms with Crippen molar-refractivity contribution < 1.29 is 27.8 Å². The summed E-state index contributed by atoms with van der Waals surface area (Å²) in [6, 6.07) is 0.